The van der Waals surface area contributed by atoms with E-state index < -0.39 is 8.07 Å². The molecule has 1 nitrogen and oxygen atoms in total. The molecule has 1 unspecified atom stereocenters. The largest absolute Gasteiger partial charge is 0.198 e. The highest BCUT2D eigenvalue weighted by molar-refractivity contribution is 6.76. The minimum Gasteiger partial charge on any atom is -0.198 e. The van der Waals surface area contributed by atoms with Crippen molar-refractivity contribution in [2.24, 2.45) is 5.92 Å². The van der Waals surface area contributed by atoms with Crippen molar-refractivity contribution in [2.75, 3.05) is 0 Å². The first-order valence-electron chi connectivity index (χ1n) is 5.82. The van der Waals surface area contributed by atoms with Gasteiger partial charge in [-0.2, -0.15) is 5.26 Å². The Labute approximate surface area is 90.5 Å². The van der Waals surface area contributed by atoms with E-state index >= 15 is 0 Å². The van der Waals surface area contributed by atoms with Crippen LogP contribution >= 0.6 is 0 Å². The van der Waals surface area contributed by atoms with E-state index in [9.17, 15) is 0 Å². The Morgan fingerprint density at radius 2 is 1.79 bits per heavy atom. The molecule has 14 heavy (non-hydrogen) atoms. The van der Waals surface area contributed by atoms with Crippen LogP contribution in [-0.2, 0) is 0 Å². The number of nitriles is 1. The molecule has 0 aromatic heterocycles. The lowest BCUT2D eigenvalue weighted by atomic mass is 10.0. The molecule has 0 saturated carbocycles. The normalized spacial score (nSPS) is 13.6. The highest BCUT2D eigenvalue weighted by Gasteiger charge is 2.14. The molecule has 0 N–H and O–H groups in total. The van der Waals surface area contributed by atoms with Gasteiger partial charge >= 0.3 is 0 Å². The maximum Gasteiger partial charge on any atom is 0.0621 e. The van der Waals surface area contributed by atoms with E-state index in [0.717, 1.165) is 18.8 Å². The van der Waals surface area contributed by atoms with Gasteiger partial charge in [-0.1, -0.05) is 51.9 Å². The van der Waals surface area contributed by atoms with Crippen molar-refractivity contribution in [1.82, 2.24) is 0 Å². The van der Waals surface area contributed by atoms with Crippen LogP contribution in [0.5, 0.6) is 0 Å². The minimum absolute atomic E-state index is 0.737. The maximum atomic E-state index is 8.40. The zero-order valence-electron chi connectivity index (χ0n) is 10.3. The highest BCUT2D eigenvalue weighted by Crippen LogP contribution is 2.20. The first-order valence-corrected chi connectivity index (χ1v) is 9.53. The second-order valence-electron chi connectivity index (χ2n) is 5.61. The SMILES string of the molecule is CC(CCCCC#N)CC[Si](C)(C)C. The Morgan fingerprint density at radius 3 is 2.29 bits per heavy atom. The molecule has 0 aliphatic carbocycles. The van der Waals surface area contributed by atoms with Gasteiger partial charge in [-0.3, -0.25) is 0 Å². The molecule has 0 amide bonds. The molecule has 0 aliphatic rings. The summed E-state index contributed by atoms with van der Waals surface area (Å²) in [5.41, 5.74) is 0. The van der Waals surface area contributed by atoms with Crippen LogP contribution in [0.15, 0.2) is 0 Å². The number of nitrogens with zero attached hydrogens (tertiary/aromatic N) is 1. The van der Waals surface area contributed by atoms with Gasteiger partial charge in [0, 0.05) is 14.5 Å². The predicted molar refractivity (Wildman–Crippen MR) is 66.0 cm³/mol. The van der Waals surface area contributed by atoms with Gasteiger partial charge in [0.2, 0.25) is 0 Å². The summed E-state index contributed by atoms with van der Waals surface area (Å²) >= 11 is 0. The molecule has 1 atom stereocenters. The summed E-state index contributed by atoms with van der Waals surface area (Å²) in [7, 11) is -0.827. The number of hydrogen-bond donors (Lipinski definition) is 0. The number of rotatable bonds is 7. The summed E-state index contributed by atoms with van der Waals surface area (Å²) in [5, 5.41) is 8.40. The van der Waals surface area contributed by atoms with Crippen LogP contribution in [0.2, 0.25) is 25.7 Å². The van der Waals surface area contributed by atoms with Crippen LogP contribution in [0.4, 0.5) is 0 Å². The van der Waals surface area contributed by atoms with E-state index in [1.165, 1.54) is 25.3 Å². The summed E-state index contributed by atoms with van der Waals surface area (Å²) < 4.78 is 0. The zero-order valence-corrected chi connectivity index (χ0v) is 11.3. The van der Waals surface area contributed by atoms with Gasteiger partial charge in [-0.15, -0.1) is 0 Å². The van der Waals surface area contributed by atoms with E-state index in [4.69, 9.17) is 5.26 Å². The number of unbranched alkanes of at least 4 members (excludes halogenated alkanes) is 2. The molecule has 0 aliphatic heterocycles. The zero-order chi connectivity index (χ0) is 11.0. The van der Waals surface area contributed by atoms with Crippen molar-refractivity contribution in [3.05, 3.63) is 0 Å². The maximum absolute atomic E-state index is 8.40. The second-order valence-corrected chi connectivity index (χ2v) is 11.2. The van der Waals surface area contributed by atoms with E-state index in [-0.39, 0.29) is 0 Å². The molecule has 0 bridgehead atoms. The molecule has 0 fully saturated rings. The molecular formula is C12H25NSi. The Bertz CT molecular complexity index is 176. The molecule has 0 spiro atoms. The van der Waals surface area contributed by atoms with Crippen LogP contribution in [0.3, 0.4) is 0 Å². The van der Waals surface area contributed by atoms with E-state index in [1.807, 2.05) is 0 Å². The molecule has 82 valence electrons. The third-order valence-corrected chi connectivity index (χ3v) is 4.41. The average Bonchev–Trinajstić information content (AvgIpc) is 2.08. The Kier molecular flexibility index (Phi) is 6.91. The van der Waals surface area contributed by atoms with E-state index in [0.29, 0.717) is 0 Å². The van der Waals surface area contributed by atoms with Gasteiger partial charge in [0.15, 0.2) is 0 Å². The fourth-order valence-corrected chi connectivity index (χ4v) is 2.88. The van der Waals surface area contributed by atoms with Crippen LogP contribution < -0.4 is 0 Å². The fraction of sp³-hybridized carbons (Fsp3) is 0.917. The third-order valence-electron chi connectivity index (χ3n) is 2.62. The minimum atomic E-state index is -0.827. The molecular weight excluding hydrogens is 186 g/mol. The summed E-state index contributed by atoms with van der Waals surface area (Å²) in [4.78, 5) is 0. The Morgan fingerprint density at radius 1 is 1.14 bits per heavy atom. The molecule has 0 rings (SSSR count). The van der Waals surface area contributed by atoms with Gasteiger partial charge in [0.1, 0.15) is 0 Å². The smallest absolute Gasteiger partial charge is 0.0621 e. The molecule has 0 heterocycles. The van der Waals surface area contributed by atoms with Crippen LogP contribution in [0.1, 0.15) is 39.0 Å². The third kappa shape index (κ3) is 9.79. The monoisotopic (exact) mass is 211 g/mol. The second kappa shape index (κ2) is 7.06. The molecule has 0 aromatic rings. The van der Waals surface area contributed by atoms with Gasteiger partial charge in [0.05, 0.1) is 6.07 Å². The summed E-state index contributed by atoms with van der Waals surface area (Å²) in [6.45, 7) is 9.67. The lowest BCUT2D eigenvalue weighted by molar-refractivity contribution is 0.484. The summed E-state index contributed by atoms with van der Waals surface area (Å²) in [5.74, 6) is 0.861. The Balaban J connectivity index is 3.38. The van der Waals surface area contributed by atoms with Crippen LogP contribution in [0, 0.1) is 17.2 Å². The first-order chi connectivity index (χ1) is 6.45. The first kappa shape index (κ1) is 13.7. The van der Waals surface area contributed by atoms with Crippen LogP contribution in [0.25, 0.3) is 0 Å². The molecule has 0 radical (unpaired) electrons. The highest BCUT2D eigenvalue weighted by atomic mass is 28.3. The average molecular weight is 211 g/mol. The van der Waals surface area contributed by atoms with Crippen molar-refractivity contribution in [3.63, 3.8) is 0 Å². The predicted octanol–water partition coefficient (Wildman–Crippen LogP) is 4.43. The van der Waals surface area contributed by atoms with Crippen molar-refractivity contribution in [3.8, 4) is 6.07 Å². The Hall–Kier alpha value is -0.293. The van der Waals surface area contributed by atoms with E-state index in [2.05, 4.69) is 32.6 Å². The van der Waals surface area contributed by atoms with Gasteiger partial charge in [-0.25, -0.2) is 0 Å². The van der Waals surface area contributed by atoms with E-state index in [1.54, 1.807) is 0 Å². The van der Waals surface area contributed by atoms with Gasteiger partial charge in [-0.05, 0) is 12.3 Å². The summed E-state index contributed by atoms with van der Waals surface area (Å²) in [6.07, 6.45) is 5.77. The topological polar surface area (TPSA) is 23.8 Å². The van der Waals surface area contributed by atoms with Gasteiger partial charge < -0.3 is 0 Å². The number of hydrogen-bond acceptors (Lipinski definition) is 1. The standard InChI is InChI=1S/C12H25NSi/c1-12(8-6-5-7-10-13)9-11-14(2,3)4/h12H,5-9,11H2,1-4H3. The van der Waals surface area contributed by atoms with Gasteiger partial charge in [0.25, 0.3) is 0 Å². The molecule has 2 heteroatoms. The van der Waals surface area contributed by atoms with Crippen molar-refractivity contribution in [2.45, 2.75) is 64.7 Å². The molecule has 0 aromatic carbocycles. The lowest BCUT2D eigenvalue weighted by Gasteiger charge is -2.18. The summed E-state index contributed by atoms with van der Waals surface area (Å²) in [6, 6.07) is 3.66. The quantitative estimate of drug-likeness (QED) is 0.451. The fourth-order valence-electron chi connectivity index (χ4n) is 1.52. The van der Waals surface area contributed by atoms with Crippen molar-refractivity contribution < 1.29 is 0 Å². The lowest BCUT2D eigenvalue weighted by Crippen LogP contribution is -2.20. The van der Waals surface area contributed by atoms with Crippen LogP contribution in [-0.4, -0.2) is 8.07 Å². The molecule has 0 saturated heterocycles. The van der Waals surface area contributed by atoms with Crippen molar-refractivity contribution >= 4 is 8.07 Å². The van der Waals surface area contributed by atoms with Crippen molar-refractivity contribution in [1.29, 1.82) is 5.26 Å².